The predicted octanol–water partition coefficient (Wildman–Crippen LogP) is 2.30. The Bertz CT molecular complexity index is 1250. The Labute approximate surface area is 159 Å². The zero-order valence-electron chi connectivity index (χ0n) is 14.5. The van der Waals surface area contributed by atoms with E-state index in [9.17, 15) is 18.3 Å². The molecule has 28 heavy (non-hydrogen) atoms. The Hall–Kier alpha value is -3.33. The summed E-state index contributed by atoms with van der Waals surface area (Å²) < 4.78 is 38.0. The maximum atomic E-state index is 12.7. The fourth-order valence-electron chi connectivity index (χ4n) is 3.59. The first-order valence-corrected chi connectivity index (χ1v) is 10.2. The Morgan fingerprint density at radius 3 is 2.61 bits per heavy atom. The van der Waals surface area contributed by atoms with Gasteiger partial charge in [0.05, 0.1) is 22.0 Å². The quantitative estimate of drug-likeness (QED) is 0.706. The maximum absolute atomic E-state index is 12.7. The van der Waals surface area contributed by atoms with Crippen molar-refractivity contribution in [3.63, 3.8) is 0 Å². The van der Waals surface area contributed by atoms with E-state index in [-0.39, 0.29) is 16.2 Å². The largest absolute Gasteiger partial charge is 0.486 e. The van der Waals surface area contributed by atoms with E-state index in [1.54, 1.807) is 36.4 Å². The predicted molar refractivity (Wildman–Crippen MR) is 97.8 cm³/mol. The average molecular weight is 398 g/mol. The summed E-state index contributed by atoms with van der Waals surface area (Å²) in [7, 11) is -3.66. The van der Waals surface area contributed by atoms with Crippen LogP contribution in [0.3, 0.4) is 0 Å². The number of aromatic carboxylic acids is 1. The lowest BCUT2D eigenvalue weighted by molar-refractivity contribution is 0.0689. The number of ether oxygens (including phenoxy) is 2. The molecule has 0 aliphatic carbocycles. The molecule has 0 unspecified atom stereocenters. The molecule has 0 saturated carbocycles. The Morgan fingerprint density at radius 2 is 1.82 bits per heavy atom. The third-order valence-electron chi connectivity index (χ3n) is 4.77. The van der Waals surface area contributed by atoms with Crippen molar-refractivity contribution < 1.29 is 27.8 Å². The highest BCUT2D eigenvalue weighted by atomic mass is 32.2. The van der Waals surface area contributed by atoms with Gasteiger partial charge in [-0.05, 0) is 18.2 Å². The van der Waals surface area contributed by atoms with Gasteiger partial charge < -0.3 is 14.6 Å². The van der Waals surface area contributed by atoms with Crippen molar-refractivity contribution in [3.05, 3.63) is 53.7 Å². The van der Waals surface area contributed by atoms with Crippen LogP contribution in [0.4, 0.5) is 0 Å². The topological polar surface area (TPSA) is 108 Å². The first kappa shape index (κ1) is 16.8. The Morgan fingerprint density at radius 1 is 1.07 bits per heavy atom. The summed E-state index contributed by atoms with van der Waals surface area (Å²) in [5, 5.41) is 13.8. The molecule has 1 aromatic heterocycles. The van der Waals surface area contributed by atoms with Crippen LogP contribution in [0.5, 0.6) is 11.5 Å². The second kappa shape index (κ2) is 5.83. The van der Waals surface area contributed by atoms with Crippen molar-refractivity contribution in [1.82, 2.24) is 9.78 Å². The van der Waals surface area contributed by atoms with Crippen LogP contribution in [0, 0.1) is 0 Å². The van der Waals surface area contributed by atoms with E-state index >= 15 is 0 Å². The molecule has 2 aliphatic rings. The summed E-state index contributed by atoms with van der Waals surface area (Å²) >= 11 is 0. The molecule has 142 valence electrons. The summed E-state index contributed by atoms with van der Waals surface area (Å²) in [4.78, 5) is 11.9. The van der Waals surface area contributed by atoms with Gasteiger partial charge in [-0.1, -0.05) is 18.2 Å². The summed E-state index contributed by atoms with van der Waals surface area (Å²) in [6.07, 6.45) is 0. The van der Waals surface area contributed by atoms with Gasteiger partial charge in [0.2, 0.25) is 0 Å². The fourth-order valence-corrected chi connectivity index (χ4v) is 5.18. The fraction of sp³-hybridized carbons (Fsp3) is 0.158. The number of benzene rings is 2. The average Bonchev–Trinajstić information content (AvgIpc) is 3.06. The Kier molecular flexibility index (Phi) is 3.50. The lowest BCUT2D eigenvalue weighted by Gasteiger charge is -2.21. The van der Waals surface area contributed by atoms with Gasteiger partial charge >= 0.3 is 5.97 Å². The standard InChI is InChI=1S/C19H14N2O6S/c22-19(23)17-13-10-28(24,25)16-4-2-1-3-12(16)18(13)21(20-17)11-5-6-14-15(9-11)27-8-7-26-14/h1-6,9H,7-8,10H2,(H,22,23). The summed E-state index contributed by atoms with van der Waals surface area (Å²) in [5.74, 6) is -0.563. The first-order valence-electron chi connectivity index (χ1n) is 8.53. The third kappa shape index (κ3) is 2.40. The van der Waals surface area contributed by atoms with Crippen LogP contribution >= 0.6 is 0 Å². The molecule has 0 bridgehead atoms. The second-order valence-corrected chi connectivity index (χ2v) is 8.43. The van der Waals surface area contributed by atoms with Crippen molar-refractivity contribution in [2.45, 2.75) is 10.6 Å². The van der Waals surface area contributed by atoms with E-state index in [1.807, 2.05) is 0 Å². The maximum Gasteiger partial charge on any atom is 0.356 e. The highest BCUT2D eigenvalue weighted by molar-refractivity contribution is 7.90. The Balaban J connectivity index is 1.80. The van der Waals surface area contributed by atoms with Crippen LogP contribution in [-0.2, 0) is 15.6 Å². The molecule has 0 fully saturated rings. The van der Waals surface area contributed by atoms with Gasteiger partial charge in [0, 0.05) is 17.2 Å². The number of hydrogen-bond acceptors (Lipinski definition) is 6. The van der Waals surface area contributed by atoms with Crippen LogP contribution < -0.4 is 9.47 Å². The van der Waals surface area contributed by atoms with Crippen LogP contribution in [0.2, 0.25) is 0 Å². The van der Waals surface area contributed by atoms with Crippen molar-refractivity contribution in [3.8, 4) is 28.4 Å². The number of carbonyl (C=O) groups is 1. The van der Waals surface area contributed by atoms with Crippen molar-refractivity contribution in [1.29, 1.82) is 0 Å². The molecule has 9 heteroatoms. The lowest BCUT2D eigenvalue weighted by Crippen LogP contribution is -2.16. The number of sulfone groups is 1. The molecule has 0 saturated heterocycles. The van der Waals surface area contributed by atoms with E-state index in [2.05, 4.69) is 5.10 Å². The van der Waals surface area contributed by atoms with Crippen LogP contribution in [-0.4, -0.2) is 42.5 Å². The van der Waals surface area contributed by atoms with Gasteiger partial charge in [0.25, 0.3) is 0 Å². The van der Waals surface area contributed by atoms with Gasteiger partial charge in [-0.25, -0.2) is 17.9 Å². The third-order valence-corrected chi connectivity index (χ3v) is 6.46. The molecule has 3 heterocycles. The van der Waals surface area contributed by atoms with Gasteiger partial charge in [-0.15, -0.1) is 0 Å². The number of rotatable bonds is 2. The van der Waals surface area contributed by atoms with Gasteiger partial charge in [-0.3, -0.25) is 0 Å². The van der Waals surface area contributed by atoms with E-state index < -0.39 is 21.6 Å². The highest BCUT2D eigenvalue weighted by Gasteiger charge is 2.36. The monoisotopic (exact) mass is 398 g/mol. The number of carboxylic acids is 1. The van der Waals surface area contributed by atoms with Gasteiger partial charge in [-0.2, -0.15) is 5.10 Å². The zero-order valence-corrected chi connectivity index (χ0v) is 15.3. The molecule has 8 nitrogen and oxygen atoms in total. The number of hydrogen-bond donors (Lipinski definition) is 1. The molecule has 2 aliphatic heterocycles. The van der Waals surface area contributed by atoms with E-state index in [0.29, 0.717) is 41.7 Å². The minimum atomic E-state index is -3.66. The van der Waals surface area contributed by atoms with Crippen molar-refractivity contribution in [2.24, 2.45) is 0 Å². The van der Waals surface area contributed by atoms with Crippen LogP contribution in [0.25, 0.3) is 16.9 Å². The van der Waals surface area contributed by atoms with Crippen molar-refractivity contribution in [2.75, 3.05) is 13.2 Å². The molecule has 0 atom stereocenters. The number of nitrogens with zero attached hydrogens (tertiary/aromatic N) is 2. The molecule has 1 N–H and O–H groups in total. The molecule has 3 aromatic rings. The minimum absolute atomic E-state index is 0.165. The number of fused-ring (bicyclic) bond motifs is 4. The molecular formula is C19H14N2O6S. The zero-order chi connectivity index (χ0) is 19.5. The minimum Gasteiger partial charge on any atom is -0.486 e. The number of aromatic nitrogens is 2. The molecule has 5 rings (SSSR count). The van der Waals surface area contributed by atoms with E-state index in [1.165, 1.54) is 10.7 Å². The molecule has 0 radical (unpaired) electrons. The van der Waals surface area contributed by atoms with Crippen LogP contribution in [0.1, 0.15) is 16.1 Å². The summed E-state index contributed by atoms with van der Waals surface area (Å²) in [6, 6.07) is 11.7. The van der Waals surface area contributed by atoms with E-state index in [4.69, 9.17) is 9.47 Å². The first-order chi connectivity index (χ1) is 13.5. The smallest absolute Gasteiger partial charge is 0.356 e. The number of carboxylic acid groups (broad SMARTS) is 1. The van der Waals surface area contributed by atoms with Crippen molar-refractivity contribution >= 4 is 15.8 Å². The molecule has 2 aromatic carbocycles. The van der Waals surface area contributed by atoms with Crippen LogP contribution in [0.15, 0.2) is 47.4 Å². The second-order valence-electron chi connectivity index (χ2n) is 6.48. The normalized spacial score (nSPS) is 16.1. The van der Waals surface area contributed by atoms with Gasteiger partial charge in [0.15, 0.2) is 27.0 Å². The summed E-state index contributed by atoms with van der Waals surface area (Å²) in [5.41, 5.74) is 1.35. The highest BCUT2D eigenvalue weighted by Crippen LogP contribution is 2.41. The summed E-state index contributed by atoms with van der Waals surface area (Å²) in [6.45, 7) is 0.868. The molecule has 0 spiro atoms. The molecular weight excluding hydrogens is 384 g/mol. The SMILES string of the molecule is O=C(O)c1nn(-c2ccc3c(c2)OCCO3)c2c1CS(=O)(=O)c1ccccc1-2. The van der Waals surface area contributed by atoms with E-state index in [0.717, 1.165) is 0 Å². The lowest BCUT2D eigenvalue weighted by atomic mass is 10.1. The van der Waals surface area contributed by atoms with Gasteiger partial charge in [0.1, 0.15) is 13.2 Å². The molecule has 0 amide bonds.